The van der Waals surface area contributed by atoms with Gasteiger partial charge in [-0.2, -0.15) is 5.10 Å². The summed E-state index contributed by atoms with van der Waals surface area (Å²) in [6.07, 6.45) is 0. The van der Waals surface area contributed by atoms with Crippen LogP contribution in [0.5, 0.6) is 0 Å². The molecular formula is C16H14N2O. The van der Waals surface area contributed by atoms with Gasteiger partial charge in [0, 0.05) is 11.1 Å². The average molecular weight is 250 g/mol. The standard InChI is InChI=1S/C16H14N2O/c19-11-13-8-4-5-9-14(13)16-10-15(17-18-16)12-6-2-1-3-7-12/h1-10,19H,11H2,(H,17,18). The second kappa shape index (κ2) is 5.08. The third-order valence-corrected chi connectivity index (χ3v) is 3.13. The van der Waals surface area contributed by atoms with E-state index in [1.807, 2.05) is 60.7 Å². The summed E-state index contributed by atoms with van der Waals surface area (Å²) < 4.78 is 0. The number of aliphatic hydroxyl groups excluding tert-OH is 1. The highest BCUT2D eigenvalue weighted by atomic mass is 16.3. The van der Waals surface area contributed by atoms with E-state index >= 15 is 0 Å². The lowest BCUT2D eigenvalue weighted by Crippen LogP contribution is -1.88. The van der Waals surface area contributed by atoms with Crippen molar-refractivity contribution in [2.45, 2.75) is 6.61 Å². The van der Waals surface area contributed by atoms with Gasteiger partial charge in [-0.05, 0) is 11.6 Å². The van der Waals surface area contributed by atoms with Gasteiger partial charge < -0.3 is 5.11 Å². The Hall–Kier alpha value is -2.39. The first-order chi connectivity index (χ1) is 9.38. The topological polar surface area (TPSA) is 48.9 Å². The lowest BCUT2D eigenvalue weighted by atomic mass is 10.0. The van der Waals surface area contributed by atoms with E-state index in [1.165, 1.54) is 0 Å². The molecule has 0 unspecified atom stereocenters. The normalized spacial score (nSPS) is 10.6. The van der Waals surface area contributed by atoms with Crippen LogP contribution < -0.4 is 0 Å². The van der Waals surface area contributed by atoms with Gasteiger partial charge in [-0.25, -0.2) is 0 Å². The molecule has 0 saturated carbocycles. The van der Waals surface area contributed by atoms with Gasteiger partial charge in [0.05, 0.1) is 18.0 Å². The largest absolute Gasteiger partial charge is 0.392 e. The zero-order chi connectivity index (χ0) is 13.1. The van der Waals surface area contributed by atoms with Gasteiger partial charge in [0.1, 0.15) is 0 Å². The first-order valence-electron chi connectivity index (χ1n) is 6.18. The Kier molecular flexibility index (Phi) is 3.12. The number of benzene rings is 2. The smallest absolute Gasteiger partial charge is 0.0927 e. The molecule has 0 radical (unpaired) electrons. The molecule has 19 heavy (non-hydrogen) atoms. The van der Waals surface area contributed by atoms with Crippen LogP contribution in [0.15, 0.2) is 60.7 Å². The van der Waals surface area contributed by atoms with E-state index in [-0.39, 0.29) is 6.61 Å². The Morgan fingerprint density at radius 2 is 1.68 bits per heavy atom. The molecule has 0 amide bonds. The summed E-state index contributed by atoms with van der Waals surface area (Å²) in [7, 11) is 0. The summed E-state index contributed by atoms with van der Waals surface area (Å²) in [6.45, 7) is 0.0237. The summed E-state index contributed by atoms with van der Waals surface area (Å²) in [6, 6.07) is 19.8. The molecule has 1 aromatic heterocycles. The predicted octanol–water partition coefficient (Wildman–Crippen LogP) is 3.24. The fourth-order valence-electron chi connectivity index (χ4n) is 2.14. The van der Waals surface area contributed by atoms with Gasteiger partial charge in [-0.1, -0.05) is 54.6 Å². The minimum absolute atomic E-state index is 0.0237. The Morgan fingerprint density at radius 3 is 2.47 bits per heavy atom. The van der Waals surface area contributed by atoms with Crippen LogP contribution in [0.3, 0.4) is 0 Å². The fraction of sp³-hybridized carbons (Fsp3) is 0.0625. The molecule has 2 aromatic carbocycles. The van der Waals surface area contributed by atoms with Crippen LogP contribution in [0, 0.1) is 0 Å². The molecule has 0 saturated heterocycles. The van der Waals surface area contributed by atoms with Gasteiger partial charge in [-0.3, -0.25) is 5.10 Å². The highest BCUT2D eigenvalue weighted by molar-refractivity contribution is 5.70. The van der Waals surface area contributed by atoms with Gasteiger partial charge in [0.25, 0.3) is 0 Å². The highest BCUT2D eigenvalue weighted by Crippen LogP contribution is 2.26. The number of hydrogen-bond acceptors (Lipinski definition) is 2. The number of rotatable bonds is 3. The van der Waals surface area contributed by atoms with Crippen molar-refractivity contribution in [3.05, 3.63) is 66.2 Å². The first kappa shape index (κ1) is 11.7. The second-order valence-electron chi connectivity index (χ2n) is 4.35. The lowest BCUT2D eigenvalue weighted by molar-refractivity contribution is 0.282. The van der Waals surface area contributed by atoms with Gasteiger partial charge >= 0.3 is 0 Å². The monoisotopic (exact) mass is 250 g/mol. The predicted molar refractivity (Wildman–Crippen MR) is 75.4 cm³/mol. The number of aromatic amines is 1. The Morgan fingerprint density at radius 1 is 0.947 bits per heavy atom. The van der Waals surface area contributed by atoms with Crippen LogP contribution in [-0.2, 0) is 6.61 Å². The number of aromatic nitrogens is 2. The van der Waals surface area contributed by atoms with Crippen LogP contribution >= 0.6 is 0 Å². The minimum Gasteiger partial charge on any atom is -0.392 e. The molecular weight excluding hydrogens is 236 g/mol. The van der Waals surface area contributed by atoms with Gasteiger partial charge in [-0.15, -0.1) is 0 Å². The summed E-state index contributed by atoms with van der Waals surface area (Å²) in [5.41, 5.74) is 4.78. The maximum absolute atomic E-state index is 9.37. The zero-order valence-corrected chi connectivity index (χ0v) is 10.4. The van der Waals surface area contributed by atoms with E-state index in [0.29, 0.717) is 0 Å². The van der Waals surface area contributed by atoms with E-state index in [0.717, 1.165) is 28.1 Å². The summed E-state index contributed by atoms with van der Waals surface area (Å²) >= 11 is 0. The lowest BCUT2D eigenvalue weighted by Gasteiger charge is -2.03. The SMILES string of the molecule is OCc1ccccc1-c1cc(-c2ccccc2)n[nH]1. The summed E-state index contributed by atoms with van der Waals surface area (Å²) in [5.74, 6) is 0. The van der Waals surface area contributed by atoms with Crippen LogP contribution in [0.25, 0.3) is 22.5 Å². The van der Waals surface area contributed by atoms with Crippen molar-refractivity contribution < 1.29 is 5.11 Å². The van der Waals surface area contributed by atoms with Gasteiger partial charge in [0.15, 0.2) is 0 Å². The van der Waals surface area contributed by atoms with E-state index in [9.17, 15) is 5.11 Å². The second-order valence-corrected chi connectivity index (χ2v) is 4.35. The van der Waals surface area contributed by atoms with Crippen molar-refractivity contribution >= 4 is 0 Å². The van der Waals surface area contributed by atoms with Crippen molar-refractivity contribution in [2.24, 2.45) is 0 Å². The molecule has 0 bridgehead atoms. The molecule has 0 atom stereocenters. The molecule has 3 nitrogen and oxygen atoms in total. The van der Waals surface area contributed by atoms with Crippen molar-refractivity contribution in [3.63, 3.8) is 0 Å². The van der Waals surface area contributed by atoms with E-state index in [2.05, 4.69) is 10.2 Å². The Bertz CT molecular complexity index is 674. The maximum atomic E-state index is 9.37. The minimum atomic E-state index is 0.0237. The van der Waals surface area contributed by atoms with Crippen molar-refractivity contribution in [1.29, 1.82) is 0 Å². The van der Waals surface area contributed by atoms with Crippen LogP contribution in [-0.4, -0.2) is 15.3 Å². The molecule has 2 N–H and O–H groups in total. The van der Waals surface area contributed by atoms with E-state index in [1.54, 1.807) is 0 Å². The van der Waals surface area contributed by atoms with Crippen LogP contribution in [0.4, 0.5) is 0 Å². The van der Waals surface area contributed by atoms with Gasteiger partial charge in [0.2, 0.25) is 0 Å². The number of hydrogen-bond donors (Lipinski definition) is 2. The van der Waals surface area contributed by atoms with Crippen molar-refractivity contribution in [1.82, 2.24) is 10.2 Å². The maximum Gasteiger partial charge on any atom is 0.0927 e. The summed E-state index contributed by atoms with van der Waals surface area (Å²) in [4.78, 5) is 0. The first-order valence-corrected chi connectivity index (χ1v) is 6.18. The molecule has 0 aliphatic rings. The molecule has 0 aliphatic heterocycles. The number of H-pyrrole nitrogens is 1. The average Bonchev–Trinajstić information content (AvgIpc) is 2.98. The number of aliphatic hydroxyl groups is 1. The van der Waals surface area contributed by atoms with Crippen molar-refractivity contribution in [3.8, 4) is 22.5 Å². The van der Waals surface area contributed by atoms with Crippen molar-refractivity contribution in [2.75, 3.05) is 0 Å². The van der Waals surface area contributed by atoms with Crippen LogP contribution in [0.2, 0.25) is 0 Å². The molecule has 3 aromatic rings. The highest BCUT2D eigenvalue weighted by Gasteiger charge is 2.08. The third kappa shape index (κ3) is 2.28. The summed E-state index contributed by atoms with van der Waals surface area (Å²) in [5, 5.41) is 16.7. The molecule has 0 fully saturated rings. The Balaban J connectivity index is 2.02. The Labute approximate surface area is 111 Å². The molecule has 3 rings (SSSR count). The van der Waals surface area contributed by atoms with Crippen LogP contribution in [0.1, 0.15) is 5.56 Å². The molecule has 0 spiro atoms. The molecule has 3 heteroatoms. The molecule has 0 aliphatic carbocycles. The molecule has 1 heterocycles. The van der Waals surface area contributed by atoms with E-state index in [4.69, 9.17) is 0 Å². The number of nitrogens with zero attached hydrogens (tertiary/aromatic N) is 1. The number of nitrogens with one attached hydrogen (secondary N) is 1. The molecule has 94 valence electrons. The third-order valence-electron chi connectivity index (χ3n) is 3.13. The quantitative estimate of drug-likeness (QED) is 0.749. The fourth-order valence-corrected chi connectivity index (χ4v) is 2.14. The zero-order valence-electron chi connectivity index (χ0n) is 10.4. The van der Waals surface area contributed by atoms with E-state index < -0.39 is 0 Å².